The molecule has 1 fully saturated rings. The summed E-state index contributed by atoms with van der Waals surface area (Å²) in [4.78, 5) is 4.26. The molecule has 0 bridgehead atoms. The topological polar surface area (TPSA) is 43.4 Å². The van der Waals surface area contributed by atoms with Crippen molar-refractivity contribution in [3.05, 3.63) is 18.3 Å². The summed E-state index contributed by atoms with van der Waals surface area (Å²) in [6.07, 6.45) is 5.23. The molecule has 1 aromatic rings. The molecule has 0 saturated heterocycles. The zero-order valence-electron chi connectivity index (χ0n) is 11.2. The van der Waals surface area contributed by atoms with Gasteiger partial charge in [-0.3, -0.25) is 0 Å². The first-order valence-corrected chi connectivity index (χ1v) is 6.72. The third kappa shape index (κ3) is 3.35. The van der Waals surface area contributed by atoms with E-state index in [2.05, 4.69) is 17.2 Å². The third-order valence-corrected chi connectivity index (χ3v) is 3.16. The zero-order valence-corrected chi connectivity index (χ0v) is 11.2. The Labute approximate surface area is 109 Å². The molecule has 1 aliphatic carbocycles. The predicted octanol–water partition coefficient (Wildman–Crippen LogP) is 2.25. The lowest BCUT2D eigenvalue weighted by Crippen LogP contribution is -2.38. The van der Waals surface area contributed by atoms with Crippen molar-refractivity contribution in [3.63, 3.8) is 0 Å². The molecule has 1 N–H and O–H groups in total. The molecular weight excluding hydrogens is 228 g/mol. The first-order valence-electron chi connectivity index (χ1n) is 6.72. The van der Waals surface area contributed by atoms with Crippen LogP contribution < -0.4 is 14.8 Å². The molecule has 0 atom stereocenters. The smallest absolute Gasteiger partial charge is 0.257 e. The fourth-order valence-corrected chi connectivity index (χ4v) is 2.17. The van der Waals surface area contributed by atoms with E-state index in [1.165, 1.54) is 0 Å². The van der Waals surface area contributed by atoms with Crippen LogP contribution in [0.5, 0.6) is 11.6 Å². The molecule has 4 nitrogen and oxygen atoms in total. The van der Waals surface area contributed by atoms with Crippen LogP contribution in [0.25, 0.3) is 0 Å². The van der Waals surface area contributed by atoms with Crippen molar-refractivity contribution in [1.82, 2.24) is 10.3 Å². The van der Waals surface area contributed by atoms with Crippen LogP contribution in [-0.4, -0.2) is 31.3 Å². The van der Waals surface area contributed by atoms with Crippen molar-refractivity contribution in [2.45, 2.75) is 32.3 Å². The minimum Gasteiger partial charge on any atom is -0.488 e. The Morgan fingerprint density at radius 1 is 1.44 bits per heavy atom. The molecule has 0 aromatic carbocycles. The van der Waals surface area contributed by atoms with Crippen LogP contribution in [0.15, 0.2) is 18.3 Å². The van der Waals surface area contributed by atoms with E-state index >= 15 is 0 Å². The maximum Gasteiger partial charge on any atom is 0.257 e. The molecule has 0 radical (unpaired) electrons. The number of nitrogens with one attached hydrogen (secondary N) is 1. The van der Waals surface area contributed by atoms with Crippen LogP contribution in [0.3, 0.4) is 0 Å². The Balaban J connectivity index is 1.85. The Hall–Kier alpha value is -1.29. The summed E-state index contributed by atoms with van der Waals surface area (Å²) in [5.74, 6) is 2.14. The number of hydrogen-bond donors (Lipinski definition) is 1. The average molecular weight is 250 g/mol. The molecule has 0 amide bonds. The number of hydrogen-bond acceptors (Lipinski definition) is 4. The number of aromatic nitrogens is 1. The van der Waals surface area contributed by atoms with Crippen molar-refractivity contribution < 1.29 is 9.47 Å². The van der Waals surface area contributed by atoms with Gasteiger partial charge in [-0.2, -0.15) is 0 Å². The lowest BCUT2D eigenvalue weighted by atomic mass is 9.82. The Morgan fingerprint density at radius 2 is 2.28 bits per heavy atom. The van der Waals surface area contributed by atoms with Gasteiger partial charge in [0.1, 0.15) is 6.10 Å². The Kier molecular flexibility index (Phi) is 4.81. The molecule has 2 rings (SSSR count). The summed E-state index contributed by atoms with van der Waals surface area (Å²) in [6, 6.07) is 3.80. The molecule has 4 heteroatoms. The average Bonchev–Trinajstić information content (AvgIpc) is 2.35. The van der Waals surface area contributed by atoms with Gasteiger partial charge in [-0.1, -0.05) is 6.92 Å². The van der Waals surface area contributed by atoms with E-state index in [4.69, 9.17) is 9.47 Å². The van der Waals surface area contributed by atoms with E-state index in [0.29, 0.717) is 18.6 Å². The zero-order chi connectivity index (χ0) is 12.8. The maximum absolute atomic E-state index is 5.89. The summed E-state index contributed by atoms with van der Waals surface area (Å²) in [5.41, 5.74) is 0. The van der Waals surface area contributed by atoms with E-state index in [1.807, 2.05) is 19.2 Å². The second-order valence-electron chi connectivity index (χ2n) is 4.79. The molecule has 1 aliphatic rings. The molecule has 0 spiro atoms. The van der Waals surface area contributed by atoms with Gasteiger partial charge in [0.15, 0.2) is 5.75 Å². The van der Waals surface area contributed by atoms with Crippen molar-refractivity contribution >= 4 is 0 Å². The van der Waals surface area contributed by atoms with Crippen LogP contribution >= 0.6 is 0 Å². The van der Waals surface area contributed by atoms with Crippen LogP contribution in [0.4, 0.5) is 0 Å². The fourth-order valence-electron chi connectivity index (χ4n) is 2.17. The van der Waals surface area contributed by atoms with Gasteiger partial charge < -0.3 is 14.8 Å². The minimum atomic E-state index is 0.294. The molecule has 100 valence electrons. The quantitative estimate of drug-likeness (QED) is 0.806. The Bertz CT molecular complexity index is 365. The van der Waals surface area contributed by atoms with E-state index in [9.17, 15) is 0 Å². The van der Waals surface area contributed by atoms with Gasteiger partial charge in [-0.05, 0) is 50.9 Å². The number of rotatable bonds is 7. The highest BCUT2D eigenvalue weighted by molar-refractivity contribution is 5.32. The van der Waals surface area contributed by atoms with E-state index in [0.717, 1.165) is 37.5 Å². The van der Waals surface area contributed by atoms with Crippen molar-refractivity contribution in [2.24, 2.45) is 5.92 Å². The highest BCUT2D eigenvalue weighted by Gasteiger charge is 2.31. The van der Waals surface area contributed by atoms with Gasteiger partial charge in [-0.25, -0.2) is 4.98 Å². The van der Waals surface area contributed by atoms with Gasteiger partial charge in [0.05, 0.1) is 6.61 Å². The van der Waals surface area contributed by atoms with E-state index in [1.54, 1.807) is 6.20 Å². The highest BCUT2D eigenvalue weighted by Crippen LogP contribution is 2.33. The van der Waals surface area contributed by atoms with Crippen molar-refractivity contribution in [3.8, 4) is 11.6 Å². The van der Waals surface area contributed by atoms with Gasteiger partial charge in [0.2, 0.25) is 0 Å². The number of pyridine rings is 1. The molecule has 0 unspecified atom stereocenters. The molecule has 0 aliphatic heterocycles. The van der Waals surface area contributed by atoms with Crippen LogP contribution in [0, 0.1) is 5.92 Å². The second-order valence-corrected chi connectivity index (χ2v) is 4.79. The minimum absolute atomic E-state index is 0.294. The largest absolute Gasteiger partial charge is 0.488 e. The predicted molar refractivity (Wildman–Crippen MR) is 71.1 cm³/mol. The lowest BCUT2D eigenvalue weighted by Gasteiger charge is -2.35. The fraction of sp³-hybridized carbons (Fsp3) is 0.643. The molecule has 18 heavy (non-hydrogen) atoms. The highest BCUT2D eigenvalue weighted by atomic mass is 16.5. The standard InChI is InChI=1S/C14H22N2O2/c1-3-7-17-13-5-4-6-16-14(13)18-12-8-11(9-12)10-15-2/h4-6,11-12,15H,3,7-10H2,1-2H3. The second kappa shape index (κ2) is 6.59. The summed E-state index contributed by atoms with van der Waals surface area (Å²) in [5, 5.41) is 3.20. The normalized spacial score (nSPS) is 22.3. The van der Waals surface area contributed by atoms with Crippen LogP contribution in [0.2, 0.25) is 0 Å². The monoisotopic (exact) mass is 250 g/mol. The van der Waals surface area contributed by atoms with Crippen molar-refractivity contribution in [2.75, 3.05) is 20.2 Å². The first-order chi connectivity index (χ1) is 8.83. The number of nitrogens with zero attached hydrogens (tertiary/aromatic N) is 1. The number of ether oxygens (including phenoxy) is 2. The summed E-state index contributed by atoms with van der Waals surface area (Å²) >= 11 is 0. The molecular formula is C14H22N2O2. The van der Waals surface area contributed by atoms with Crippen LogP contribution in [-0.2, 0) is 0 Å². The molecule has 1 saturated carbocycles. The van der Waals surface area contributed by atoms with Gasteiger partial charge >= 0.3 is 0 Å². The summed E-state index contributed by atoms with van der Waals surface area (Å²) in [7, 11) is 1.99. The molecule has 1 heterocycles. The van der Waals surface area contributed by atoms with Gasteiger partial charge in [0, 0.05) is 6.20 Å². The first kappa shape index (κ1) is 13.1. The van der Waals surface area contributed by atoms with E-state index in [-0.39, 0.29) is 0 Å². The van der Waals surface area contributed by atoms with Crippen LogP contribution in [0.1, 0.15) is 26.2 Å². The SMILES string of the molecule is CCCOc1cccnc1OC1CC(CNC)C1. The van der Waals surface area contributed by atoms with E-state index < -0.39 is 0 Å². The summed E-state index contributed by atoms with van der Waals surface area (Å²) in [6.45, 7) is 3.86. The Morgan fingerprint density at radius 3 is 3.00 bits per heavy atom. The molecule has 1 aromatic heterocycles. The lowest BCUT2D eigenvalue weighted by molar-refractivity contribution is 0.0581. The van der Waals surface area contributed by atoms with Gasteiger partial charge in [0.25, 0.3) is 5.88 Å². The summed E-state index contributed by atoms with van der Waals surface area (Å²) < 4.78 is 11.5. The maximum atomic E-state index is 5.89. The van der Waals surface area contributed by atoms with Crippen molar-refractivity contribution in [1.29, 1.82) is 0 Å². The van der Waals surface area contributed by atoms with Gasteiger partial charge in [-0.15, -0.1) is 0 Å². The third-order valence-electron chi connectivity index (χ3n) is 3.16.